The average Bonchev–Trinajstić information content (AvgIpc) is 1.87. The normalized spacial score (nSPS) is 41.9. The summed E-state index contributed by atoms with van der Waals surface area (Å²) in [5, 5.41) is 1.91. The van der Waals surface area contributed by atoms with Crippen molar-refractivity contribution in [2.24, 2.45) is 0 Å². The van der Waals surface area contributed by atoms with Crippen LogP contribution in [-0.4, -0.2) is 19.9 Å². The molecule has 1 heterocycles. The molecule has 1 aliphatic rings. The molecule has 1 unspecified atom stereocenters. The predicted molar refractivity (Wildman–Crippen MR) is 27.3 cm³/mol. The van der Waals surface area contributed by atoms with Crippen LogP contribution in [0.4, 0.5) is 0 Å². The van der Waals surface area contributed by atoms with Crippen LogP contribution in [0.3, 0.4) is 0 Å². The van der Waals surface area contributed by atoms with Crippen molar-refractivity contribution in [1.29, 1.82) is 0 Å². The Morgan fingerprint density at radius 3 is 2.57 bits per heavy atom. The van der Waals surface area contributed by atoms with Crippen LogP contribution >= 0.6 is 0 Å². The van der Waals surface area contributed by atoms with E-state index >= 15 is 0 Å². The molecule has 1 saturated heterocycles. The zero-order valence-corrected chi connectivity index (χ0v) is 5.94. The second-order valence-corrected chi connectivity index (χ2v) is 5.37. The molecule has 1 fully saturated rings. The number of hydrogen-bond acceptors (Lipinski definition) is 1. The standard InChI is InChI=1S/C4H9NOSe/c5-4-1-2-7(6)3-4/h4H,1-3,5H2/p+1/t4-,7?/m0/s1. The van der Waals surface area contributed by atoms with Crippen LogP contribution in [0.25, 0.3) is 0 Å². The fourth-order valence-corrected chi connectivity index (χ4v) is 3.78. The fourth-order valence-electron chi connectivity index (χ4n) is 0.728. The molecule has 3 heteroatoms. The van der Waals surface area contributed by atoms with Crippen molar-refractivity contribution in [3.05, 3.63) is 0 Å². The van der Waals surface area contributed by atoms with Gasteiger partial charge in [0.1, 0.15) is 0 Å². The van der Waals surface area contributed by atoms with Crippen molar-refractivity contribution < 1.29 is 9.57 Å². The van der Waals surface area contributed by atoms with E-state index in [-0.39, 0.29) is 0 Å². The molecular formula is C4H10NOSe+. The second-order valence-electron chi connectivity index (χ2n) is 1.97. The summed E-state index contributed by atoms with van der Waals surface area (Å²) in [4.78, 5) is 0. The van der Waals surface area contributed by atoms with Crippen molar-refractivity contribution in [2.75, 3.05) is 0 Å². The molecule has 42 valence electrons. The summed E-state index contributed by atoms with van der Waals surface area (Å²) >= 11 is -1.31. The molecule has 0 spiro atoms. The third-order valence-corrected chi connectivity index (χ3v) is 4.39. The number of rotatable bonds is 0. The first-order valence-corrected chi connectivity index (χ1v) is 5.59. The van der Waals surface area contributed by atoms with Crippen LogP contribution < -0.4 is 5.73 Å². The van der Waals surface area contributed by atoms with Gasteiger partial charge in [-0.25, -0.2) is 0 Å². The van der Waals surface area contributed by atoms with E-state index in [0.29, 0.717) is 6.04 Å². The molecule has 0 aromatic heterocycles. The monoisotopic (exact) mass is 168 g/mol. The van der Waals surface area contributed by atoms with Crippen molar-refractivity contribution >= 4 is 13.8 Å². The molecule has 0 radical (unpaired) electrons. The van der Waals surface area contributed by atoms with Crippen LogP contribution in [0.5, 0.6) is 0 Å². The van der Waals surface area contributed by atoms with Crippen LogP contribution in [0.1, 0.15) is 6.42 Å². The zero-order chi connectivity index (χ0) is 5.28. The molecule has 0 amide bonds. The van der Waals surface area contributed by atoms with Crippen molar-refractivity contribution in [3.63, 3.8) is 0 Å². The van der Waals surface area contributed by atoms with Gasteiger partial charge < -0.3 is 0 Å². The topological polar surface area (TPSA) is 44.7 Å². The molecule has 1 aliphatic heterocycles. The first-order valence-electron chi connectivity index (χ1n) is 2.47. The molecule has 0 bridgehead atoms. The van der Waals surface area contributed by atoms with E-state index in [2.05, 4.69) is 5.73 Å². The van der Waals surface area contributed by atoms with Gasteiger partial charge in [-0.05, 0) is 0 Å². The molecule has 1 rings (SSSR count). The van der Waals surface area contributed by atoms with Crippen LogP contribution in [0.15, 0.2) is 0 Å². The Labute approximate surface area is 47.2 Å². The Kier molecular flexibility index (Phi) is 1.57. The zero-order valence-electron chi connectivity index (χ0n) is 4.22. The minimum atomic E-state index is -1.31. The van der Waals surface area contributed by atoms with E-state index < -0.39 is 13.8 Å². The summed E-state index contributed by atoms with van der Waals surface area (Å²) in [5.41, 5.74) is 3.82. The van der Waals surface area contributed by atoms with Gasteiger partial charge in [-0.1, -0.05) is 0 Å². The van der Waals surface area contributed by atoms with E-state index in [4.69, 9.17) is 0 Å². The van der Waals surface area contributed by atoms with E-state index in [0.717, 1.165) is 17.1 Å². The summed E-state index contributed by atoms with van der Waals surface area (Å²) < 4.78 is 10.6. The minimum absolute atomic E-state index is 0.516. The molecule has 2 atom stereocenters. The van der Waals surface area contributed by atoms with Gasteiger partial charge >= 0.3 is 46.5 Å². The van der Waals surface area contributed by atoms with Gasteiger partial charge in [0, 0.05) is 0 Å². The summed E-state index contributed by atoms with van der Waals surface area (Å²) in [7, 11) is 0. The average molecular weight is 167 g/mol. The maximum atomic E-state index is 10.6. The van der Waals surface area contributed by atoms with E-state index in [1.807, 2.05) is 0 Å². The van der Waals surface area contributed by atoms with Gasteiger partial charge in [-0.3, -0.25) is 0 Å². The Morgan fingerprint density at radius 2 is 2.43 bits per heavy atom. The third kappa shape index (κ3) is 1.34. The molecular weight excluding hydrogens is 157 g/mol. The first-order chi connectivity index (χ1) is 3.29. The van der Waals surface area contributed by atoms with Gasteiger partial charge in [-0.15, -0.1) is 0 Å². The maximum absolute atomic E-state index is 10.6. The summed E-state index contributed by atoms with van der Waals surface area (Å²) in [6.45, 7) is 0. The van der Waals surface area contributed by atoms with Crippen LogP contribution in [-0.2, 0) is 3.83 Å². The molecule has 0 aromatic carbocycles. The van der Waals surface area contributed by atoms with Crippen molar-refractivity contribution in [2.45, 2.75) is 23.1 Å². The van der Waals surface area contributed by atoms with Crippen LogP contribution in [0, 0.1) is 0 Å². The Morgan fingerprint density at radius 1 is 1.71 bits per heavy atom. The fraction of sp³-hybridized carbons (Fsp3) is 1.00. The van der Waals surface area contributed by atoms with E-state index in [1.54, 1.807) is 0 Å². The van der Waals surface area contributed by atoms with Crippen molar-refractivity contribution in [1.82, 2.24) is 0 Å². The SMILES string of the molecule is [NH3+][C@H]1CC[Se](=O)C1. The van der Waals surface area contributed by atoms with Gasteiger partial charge in [-0.2, -0.15) is 0 Å². The molecule has 0 saturated carbocycles. The van der Waals surface area contributed by atoms with Gasteiger partial charge in [0.05, 0.1) is 0 Å². The van der Waals surface area contributed by atoms with E-state index in [1.165, 1.54) is 0 Å². The summed E-state index contributed by atoms with van der Waals surface area (Å²) in [6, 6.07) is 0.516. The van der Waals surface area contributed by atoms with Crippen LogP contribution in [0.2, 0.25) is 10.6 Å². The molecule has 3 N–H and O–H groups in total. The third-order valence-electron chi connectivity index (χ3n) is 1.18. The number of quaternary nitrogens is 1. The predicted octanol–water partition coefficient (Wildman–Crippen LogP) is -0.577. The van der Waals surface area contributed by atoms with Gasteiger partial charge in [0.25, 0.3) is 0 Å². The van der Waals surface area contributed by atoms with Gasteiger partial charge in [0.15, 0.2) is 0 Å². The number of hydrogen-bond donors (Lipinski definition) is 1. The Bertz CT molecular complexity index is 93.7. The Hall–Kier alpha value is 0.279. The van der Waals surface area contributed by atoms with Gasteiger partial charge in [0.2, 0.25) is 0 Å². The quantitative estimate of drug-likeness (QED) is 0.482. The summed E-state index contributed by atoms with van der Waals surface area (Å²) in [5.74, 6) is 0. The van der Waals surface area contributed by atoms with Crippen molar-refractivity contribution in [3.8, 4) is 0 Å². The molecule has 0 aliphatic carbocycles. The van der Waals surface area contributed by atoms with E-state index in [9.17, 15) is 3.83 Å². The molecule has 0 aromatic rings. The summed E-state index contributed by atoms with van der Waals surface area (Å²) in [6.07, 6.45) is 1.11. The first kappa shape index (κ1) is 5.42. The Balaban J connectivity index is 2.40. The molecule has 2 nitrogen and oxygen atoms in total. The molecule has 7 heavy (non-hydrogen) atoms. The second kappa shape index (κ2) is 2.03.